The number of hydrogen-bond acceptors (Lipinski definition) is 7. The molecule has 0 bridgehead atoms. The van der Waals surface area contributed by atoms with Crippen LogP contribution in [-0.4, -0.2) is 47.3 Å². The van der Waals surface area contributed by atoms with E-state index in [1.165, 1.54) is 12.1 Å². The highest BCUT2D eigenvalue weighted by atomic mass is 16.6. The maximum absolute atomic E-state index is 10.9. The largest absolute Gasteiger partial charge is 0.409 e. The minimum atomic E-state index is -0.624. The average Bonchev–Trinajstić information content (AvgIpc) is 2.50. The summed E-state index contributed by atoms with van der Waals surface area (Å²) in [5.74, 6) is 0.105. The van der Waals surface area contributed by atoms with Crippen LogP contribution in [0.25, 0.3) is 0 Å². The standard InChI is InChI=1S/C12H19N5O4/c1-3-16(7-8-21-4-2)10-6-5-9(17(19)20)11(14-10)12(13)15-18/h5-6,18H,3-4,7-8H2,1-2H3,(H2,13,15). The SMILES string of the molecule is CCOCCN(CC)c1ccc([N+](=O)[O-])c(/C(N)=N/O)n1. The highest BCUT2D eigenvalue weighted by molar-refractivity contribution is 5.99. The number of hydrogen-bond donors (Lipinski definition) is 2. The highest BCUT2D eigenvalue weighted by Gasteiger charge is 2.21. The van der Waals surface area contributed by atoms with Crippen molar-refractivity contribution >= 4 is 17.3 Å². The Hall–Kier alpha value is -2.42. The summed E-state index contributed by atoms with van der Waals surface area (Å²) in [7, 11) is 0. The second-order valence-electron chi connectivity index (χ2n) is 4.06. The van der Waals surface area contributed by atoms with Crippen LogP contribution >= 0.6 is 0 Å². The molecule has 0 aromatic carbocycles. The molecule has 0 saturated heterocycles. The van der Waals surface area contributed by atoms with Gasteiger partial charge in [-0.25, -0.2) is 4.98 Å². The normalized spacial score (nSPS) is 11.4. The van der Waals surface area contributed by atoms with Gasteiger partial charge in [0, 0.05) is 25.8 Å². The molecule has 0 aliphatic rings. The van der Waals surface area contributed by atoms with Gasteiger partial charge in [0.2, 0.25) is 0 Å². The fraction of sp³-hybridized carbons (Fsp3) is 0.500. The number of anilines is 1. The average molecular weight is 297 g/mol. The Morgan fingerprint density at radius 2 is 2.29 bits per heavy atom. The van der Waals surface area contributed by atoms with Crippen LogP contribution < -0.4 is 10.6 Å². The minimum Gasteiger partial charge on any atom is -0.409 e. The van der Waals surface area contributed by atoms with Crippen molar-refractivity contribution in [1.82, 2.24) is 4.98 Å². The third kappa shape index (κ3) is 4.28. The highest BCUT2D eigenvalue weighted by Crippen LogP contribution is 2.21. The van der Waals surface area contributed by atoms with Gasteiger partial charge in [-0.05, 0) is 19.9 Å². The van der Waals surface area contributed by atoms with Crippen LogP contribution in [0.5, 0.6) is 0 Å². The topological polar surface area (TPSA) is 127 Å². The fourth-order valence-electron chi connectivity index (χ4n) is 1.75. The second kappa shape index (κ2) is 8.00. The van der Waals surface area contributed by atoms with Gasteiger partial charge in [0.25, 0.3) is 5.69 Å². The van der Waals surface area contributed by atoms with Gasteiger partial charge < -0.3 is 20.6 Å². The number of rotatable bonds is 8. The predicted octanol–water partition coefficient (Wildman–Crippen LogP) is 0.947. The number of nitrogens with zero attached hydrogens (tertiary/aromatic N) is 4. The molecule has 9 nitrogen and oxygen atoms in total. The smallest absolute Gasteiger partial charge is 0.298 e. The van der Waals surface area contributed by atoms with Crippen LogP contribution in [0.1, 0.15) is 19.5 Å². The molecule has 0 aliphatic heterocycles. The van der Waals surface area contributed by atoms with Crippen LogP contribution in [0, 0.1) is 10.1 Å². The summed E-state index contributed by atoms with van der Waals surface area (Å²) in [6, 6.07) is 2.82. The zero-order chi connectivity index (χ0) is 15.8. The molecule has 21 heavy (non-hydrogen) atoms. The third-order valence-electron chi connectivity index (χ3n) is 2.82. The van der Waals surface area contributed by atoms with E-state index in [2.05, 4.69) is 10.1 Å². The maximum atomic E-state index is 10.9. The Balaban J connectivity index is 3.10. The van der Waals surface area contributed by atoms with E-state index >= 15 is 0 Å². The van der Waals surface area contributed by atoms with Crippen LogP contribution in [0.3, 0.4) is 0 Å². The number of pyridine rings is 1. The van der Waals surface area contributed by atoms with E-state index in [1.54, 1.807) is 0 Å². The van der Waals surface area contributed by atoms with Crippen molar-refractivity contribution in [3.8, 4) is 0 Å². The van der Waals surface area contributed by atoms with Gasteiger partial charge in [-0.1, -0.05) is 5.16 Å². The molecule has 1 aromatic rings. The summed E-state index contributed by atoms with van der Waals surface area (Å²) >= 11 is 0. The Labute approximate surface area is 122 Å². The van der Waals surface area contributed by atoms with Crippen molar-refractivity contribution in [1.29, 1.82) is 0 Å². The van der Waals surface area contributed by atoms with Crippen LogP contribution in [0.15, 0.2) is 17.3 Å². The molecule has 0 fully saturated rings. The molecule has 1 rings (SSSR count). The van der Waals surface area contributed by atoms with Crippen LogP contribution in [-0.2, 0) is 4.74 Å². The zero-order valence-electron chi connectivity index (χ0n) is 12.0. The molecule has 0 unspecified atom stereocenters. The van der Waals surface area contributed by atoms with Crippen molar-refractivity contribution in [2.24, 2.45) is 10.9 Å². The maximum Gasteiger partial charge on any atom is 0.298 e. The van der Waals surface area contributed by atoms with Crippen molar-refractivity contribution in [2.75, 3.05) is 31.2 Å². The molecule has 1 aromatic heterocycles. The van der Waals surface area contributed by atoms with Gasteiger partial charge in [-0.15, -0.1) is 0 Å². The first-order valence-corrected chi connectivity index (χ1v) is 6.51. The summed E-state index contributed by atoms with van der Waals surface area (Å²) in [5.41, 5.74) is 4.99. The van der Waals surface area contributed by atoms with E-state index < -0.39 is 10.8 Å². The number of nitro groups is 1. The van der Waals surface area contributed by atoms with E-state index in [0.29, 0.717) is 32.1 Å². The zero-order valence-corrected chi connectivity index (χ0v) is 12.0. The van der Waals surface area contributed by atoms with Gasteiger partial charge in [0.05, 0.1) is 11.5 Å². The lowest BCUT2D eigenvalue weighted by Gasteiger charge is -2.22. The summed E-state index contributed by atoms with van der Waals surface area (Å²) in [5, 5.41) is 22.5. The molecule has 3 N–H and O–H groups in total. The first-order valence-electron chi connectivity index (χ1n) is 6.51. The van der Waals surface area contributed by atoms with E-state index in [-0.39, 0.29) is 11.4 Å². The predicted molar refractivity (Wildman–Crippen MR) is 77.8 cm³/mol. The molecular formula is C12H19N5O4. The lowest BCUT2D eigenvalue weighted by Crippen LogP contribution is -2.29. The number of aromatic nitrogens is 1. The molecule has 0 radical (unpaired) electrons. The first kappa shape index (κ1) is 16.6. The number of oxime groups is 1. The lowest BCUT2D eigenvalue weighted by atomic mass is 10.2. The minimum absolute atomic E-state index is 0.158. The Morgan fingerprint density at radius 1 is 1.57 bits per heavy atom. The van der Waals surface area contributed by atoms with Crippen LogP contribution in [0.2, 0.25) is 0 Å². The van der Waals surface area contributed by atoms with E-state index in [1.807, 2.05) is 18.7 Å². The molecule has 0 spiro atoms. The summed E-state index contributed by atoms with van der Waals surface area (Å²) in [6.45, 7) is 6.19. The lowest BCUT2D eigenvalue weighted by molar-refractivity contribution is -0.385. The summed E-state index contributed by atoms with van der Waals surface area (Å²) < 4.78 is 5.28. The summed E-state index contributed by atoms with van der Waals surface area (Å²) in [4.78, 5) is 16.3. The summed E-state index contributed by atoms with van der Waals surface area (Å²) in [6.07, 6.45) is 0. The molecule has 0 amide bonds. The molecule has 116 valence electrons. The molecule has 0 saturated carbocycles. The van der Waals surface area contributed by atoms with Gasteiger partial charge in [-0.2, -0.15) is 0 Å². The molecule has 0 aliphatic carbocycles. The molecule has 9 heteroatoms. The number of nitrogens with two attached hydrogens (primary N) is 1. The Kier molecular flexibility index (Phi) is 6.34. The third-order valence-corrected chi connectivity index (χ3v) is 2.82. The van der Waals surface area contributed by atoms with Gasteiger partial charge in [0.15, 0.2) is 11.5 Å². The molecule has 1 heterocycles. The first-order chi connectivity index (χ1) is 10.0. The van der Waals surface area contributed by atoms with Crippen molar-refractivity contribution in [3.63, 3.8) is 0 Å². The van der Waals surface area contributed by atoms with Crippen LogP contribution in [0.4, 0.5) is 11.5 Å². The fourth-order valence-corrected chi connectivity index (χ4v) is 1.75. The molecule has 0 atom stereocenters. The van der Waals surface area contributed by atoms with Crippen molar-refractivity contribution in [3.05, 3.63) is 27.9 Å². The van der Waals surface area contributed by atoms with Gasteiger partial charge >= 0.3 is 0 Å². The van der Waals surface area contributed by atoms with Crippen molar-refractivity contribution in [2.45, 2.75) is 13.8 Å². The Bertz CT molecular complexity index is 520. The van der Waals surface area contributed by atoms with E-state index in [4.69, 9.17) is 15.7 Å². The van der Waals surface area contributed by atoms with E-state index in [9.17, 15) is 10.1 Å². The number of ether oxygens (including phenoxy) is 1. The molecular weight excluding hydrogens is 278 g/mol. The quantitative estimate of drug-likeness (QED) is 0.182. The monoisotopic (exact) mass is 297 g/mol. The number of likely N-dealkylation sites (N-methyl/N-ethyl adjacent to an activating group) is 1. The Morgan fingerprint density at radius 3 is 2.81 bits per heavy atom. The van der Waals surface area contributed by atoms with Gasteiger partial charge in [-0.3, -0.25) is 10.1 Å². The second-order valence-corrected chi connectivity index (χ2v) is 4.06. The van der Waals surface area contributed by atoms with E-state index in [0.717, 1.165) is 0 Å². The van der Waals surface area contributed by atoms with Gasteiger partial charge in [0.1, 0.15) is 5.82 Å². The van der Waals surface area contributed by atoms with Crippen molar-refractivity contribution < 1.29 is 14.9 Å². The number of amidine groups is 1.